The molecule has 0 bridgehead atoms. The Morgan fingerprint density at radius 3 is 2.13 bits per heavy atom. The van der Waals surface area contributed by atoms with E-state index in [4.69, 9.17) is 16.3 Å². The molecule has 1 aliphatic heterocycles. The Balaban J connectivity index is 2.10. The fraction of sp³-hybridized carbons (Fsp3) is 0.263. The number of carbonyl (C=O) groups excluding carboxylic acids is 2. The van der Waals surface area contributed by atoms with Crippen molar-refractivity contribution in [3.63, 3.8) is 0 Å². The van der Waals surface area contributed by atoms with Gasteiger partial charge < -0.3 is 4.74 Å². The van der Waals surface area contributed by atoms with Crippen molar-refractivity contribution in [3.05, 3.63) is 70.7 Å². The van der Waals surface area contributed by atoms with Crippen LogP contribution in [-0.2, 0) is 14.3 Å². The van der Waals surface area contributed by atoms with Gasteiger partial charge in [0.25, 0.3) is 0 Å². The van der Waals surface area contributed by atoms with Gasteiger partial charge in [0.1, 0.15) is 11.5 Å². The van der Waals surface area contributed by atoms with E-state index in [9.17, 15) is 9.59 Å². The predicted octanol–water partition coefficient (Wildman–Crippen LogP) is 4.32. The molecule has 0 aliphatic carbocycles. The molecule has 2 atom stereocenters. The first kappa shape index (κ1) is 15.8. The lowest BCUT2D eigenvalue weighted by Crippen LogP contribution is -2.46. The molecule has 0 amide bonds. The second-order valence-corrected chi connectivity index (χ2v) is 6.69. The molecule has 3 rings (SSSR count). The minimum atomic E-state index is -1.15. The van der Waals surface area contributed by atoms with Crippen LogP contribution >= 0.6 is 11.6 Å². The van der Waals surface area contributed by atoms with E-state index in [1.807, 2.05) is 30.3 Å². The first-order valence-corrected chi connectivity index (χ1v) is 7.85. The minimum Gasteiger partial charge on any atom is -0.456 e. The molecule has 118 valence electrons. The minimum absolute atomic E-state index is 0.125. The summed E-state index contributed by atoms with van der Waals surface area (Å²) in [6, 6.07) is 16.5. The van der Waals surface area contributed by atoms with E-state index in [1.165, 1.54) is 0 Å². The molecule has 3 nitrogen and oxygen atoms in total. The Morgan fingerprint density at radius 1 is 0.913 bits per heavy atom. The lowest BCUT2D eigenvalue weighted by Gasteiger charge is -2.38. The maximum atomic E-state index is 13.0. The summed E-state index contributed by atoms with van der Waals surface area (Å²) in [7, 11) is 0. The number of cyclic esters (lactones) is 1. The summed E-state index contributed by atoms with van der Waals surface area (Å²) < 4.78 is 5.66. The van der Waals surface area contributed by atoms with Gasteiger partial charge in [-0.1, -0.05) is 54.1 Å². The summed E-state index contributed by atoms with van der Waals surface area (Å²) in [6.07, 6.45) is -0.636. The van der Waals surface area contributed by atoms with E-state index >= 15 is 0 Å². The van der Waals surface area contributed by atoms with Crippen LogP contribution in [0.15, 0.2) is 54.6 Å². The van der Waals surface area contributed by atoms with E-state index in [0.29, 0.717) is 5.02 Å². The largest absolute Gasteiger partial charge is 0.456 e. The van der Waals surface area contributed by atoms with Crippen molar-refractivity contribution < 1.29 is 14.3 Å². The van der Waals surface area contributed by atoms with Gasteiger partial charge in [0.2, 0.25) is 0 Å². The maximum Gasteiger partial charge on any atom is 0.319 e. The molecule has 0 radical (unpaired) electrons. The van der Waals surface area contributed by atoms with E-state index < -0.39 is 23.4 Å². The first-order chi connectivity index (χ1) is 10.9. The highest BCUT2D eigenvalue weighted by molar-refractivity contribution is 6.30. The Kier molecular flexibility index (Phi) is 3.99. The van der Waals surface area contributed by atoms with Crippen molar-refractivity contribution in [2.24, 2.45) is 5.41 Å². The number of Topliss-reactive ketones (excluding diaryl/α,β-unsaturated/α-hetero) is 1. The fourth-order valence-corrected chi connectivity index (χ4v) is 2.98. The van der Waals surface area contributed by atoms with Crippen molar-refractivity contribution in [2.75, 3.05) is 0 Å². The van der Waals surface area contributed by atoms with Gasteiger partial charge in [-0.25, -0.2) is 0 Å². The molecule has 2 aromatic carbocycles. The molecule has 0 saturated carbocycles. The third-order valence-corrected chi connectivity index (χ3v) is 4.55. The Morgan fingerprint density at radius 2 is 1.52 bits per heavy atom. The molecule has 0 N–H and O–H groups in total. The van der Waals surface area contributed by atoms with Crippen molar-refractivity contribution >= 4 is 23.4 Å². The van der Waals surface area contributed by atoms with Crippen LogP contribution in [0.4, 0.5) is 0 Å². The second kappa shape index (κ2) is 5.82. The molecule has 0 unspecified atom stereocenters. The summed E-state index contributed by atoms with van der Waals surface area (Å²) in [5, 5.41) is 0.596. The lowest BCUT2D eigenvalue weighted by atomic mass is 9.72. The third kappa shape index (κ3) is 2.77. The predicted molar refractivity (Wildman–Crippen MR) is 88.3 cm³/mol. The van der Waals surface area contributed by atoms with Gasteiger partial charge in [-0.2, -0.15) is 0 Å². The summed E-state index contributed by atoms with van der Waals surface area (Å²) in [5.41, 5.74) is 0.460. The average molecular weight is 329 g/mol. The average Bonchev–Trinajstić information content (AvgIpc) is 2.54. The number of halogens is 1. The Bertz CT molecular complexity index is 735. The Hall–Kier alpha value is -2.13. The normalized spacial score (nSPS) is 23.4. The van der Waals surface area contributed by atoms with Crippen molar-refractivity contribution in [1.82, 2.24) is 0 Å². The van der Waals surface area contributed by atoms with Gasteiger partial charge in [0.15, 0.2) is 5.78 Å². The number of benzene rings is 2. The van der Waals surface area contributed by atoms with Crippen LogP contribution in [-0.4, -0.2) is 11.8 Å². The van der Waals surface area contributed by atoms with Gasteiger partial charge in [0.05, 0.1) is 5.92 Å². The molecule has 0 spiro atoms. The van der Waals surface area contributed by atoms with E-state index in [2.05, 4.69) is 0 Å². The maximum absolute atomic E-state index is 13.0. The molecular formula is C19H17ClO3. The molecule has 1 saturated heterocycles. The number of rotatable bonds is 2. The van der Waals surface area contributed by atoms with Crippen molar-refractivity contribution in [2.45, 2.75) is 25.9 Å². The number of hydrogen-bond donors (Lipinski definition) is 0. The monoisotopic (exact) mass is 328 g/mol. The van der Waals surface area contributed by atoms with Crippen LogP contribution in [0, 0.1) is 5.41 Å². The molecule has 4 heteroatoms. The number of esters is 1. The Labute approximate surface area is 140 Å². The van der Waals surface area contributed by atoms with Crippen LogP contribution in [0.1, 0.15) is 37.0 Å². The smallest absolute Gasteiger partial charge is 0.319 e. The summed E-state index contributed by atoms with van der Waals surface area (Å²) >= 11 is 5.93. The van der Waals surface area contributed by atoms with Gasteiger partial charge in [0, 0.05) is 5.02 Å². The van der Waals surface area contributed by atoms with Gasteiger partial charge in [-0.15, -0.1) is 0 Å². The number of ether oxygens (including phenoxy) is 1. The highest BCUT2D eigenvalue weighted by Crippen LogP contribution is 2.45. The zero-order valence-electron chi connectivity index (χ0n) is 13.0. The number of ketones is 1. The quantitative estimate of drug-likeness (QED) is 0.609. The lowest BCUT2D eigenvalue weighted by molar-refractivity contribution is -0.174. The molecule has 1 aliphatic rings. The van der Waals surface area contributed by atoms with Gasteiger partial charge in [-0.05, 0) is 37.1 Å². The van der Waals surface area contributed by atoms with Crippen LogP contribution in [0.25, 0.3) is 0 Å². The molecule has 0 aromatic heterocycles. The highest BCUT2D eigenvalue weighted by Gasteiger charge is 2.51. The second-order valence-electron chi connectivity index (χ2n) is 6.26. The first-order valence-electron chi connectivity index (χ1n) is 7.47. The highest BCUT2D eigenvalue weighted by atomic mass is 35.5. The SMILES string of the molecule is CC1(C)C(=O)O[C@H](c2ccc(Cl)cc2)[C@H](c2ccccc2)C1=O. The van der Waals surface area contributed by atoms with E-state index in [0.717, 1.165) is 11.1 Å². The van der Waals surface area contributed by atoms with Gasteiger partial charge >= 0.3 is 5.97 Å². The number of carbonyl (C=O) groups is 2. The van der Waals surface area contributed by atoms with Crippen LogP contribution in [0.5, 0.6) is 0 Å². The molecule has 2 aromatic rings. The van der Waals surface area contributed by atoms with Gasteiger partial charge in [-0.3, -0.25) is 9.59 Å². The summed E-state index contributed by atoms with van der Waals surface area (Å²) in [5.74, 6) is -1.14. The van der Waals surface area contributed by atoms with Crippen molar-refractivity contribution in [3.8, 4) is 0 Å². The van der Waals surface area contributed by atoms with E-state index in [1.54, 1.807) is 38.1 Å². The van der Waals surface area contributed by atoms with Crippen LogP contribution in [0.3, 0.4) is 0 Å². The zero-order chi connectivity index (χ0) is 16.6. The molecule has 1 fully saturated rings. The van der Waals surface area contributed by atoms with Crippen molar-refractivity contribution in [1.29, 1.82) is 0 Å². The molecule has 1 heterocycles. The third-order valence-electron chi connectivity index (χ3n) is 4.30. The standard InChI is InChI=1S/C19H17ClO3/c1-19(2)17(21)15(12-6-4-3-5-7-12)16(23-18(19)22)13-8-10-14(20)11-9-13/h3-11,15-16H,1-2H3/t15-,16+/m0/s1. The zero-order valence-corrected chi connectivity index (χ0v) is 13.7. The van der Waals surface area contributed by atoms with Crippen LogP contribution < -0.4 is 0 Å². The van der Waals surface area contributed by atoms with E-state index in [-0.39, 0.29) is 5.78 Å². The molecular weight excluding hydrogens is 312 g/mol. The number of hydrogen-bond acceptors (Lipinski definition) is 3. The van der Waals surface area contributed by atoms with Crippen LogP contribution in [0.2, 0.25) is 5.02 Å². The fourth-order valence-electron chi connectivity index (χ4n) is 2.86. The topological polar surface area (TPSA) is 43.4 Å². The summed E-state index contributed by atoms with van der Waals surface area (Å²) in [4.78, 5) is 25.3. The molecule has 23 heavy (non-hydrogen) atoms. The summed E-state index contributed by atoms with van der Waals surface area (Å²) in [6.45, 7) is 3.23.